The Hall–Kier alpha value is -3.78. The number of methoxy groups -OCH3 is 2. The molecular formula is C24H23N3O4S. The van der Waals surface area contributed by atoms with Gasteiger partial charge in [0.05, 0.1) is 26.0 Å². The molecule has 0 bridgehead atoms. The molecule has 32 heavy (non-hydrogen) atoms. The molecule has 1 heterocycles. The molecule has 7 nitrogen and oxygen atoms in total. The lowest BCUT2D eigenvalue weighted by molar-refractivity contribution is 0.360. The summed E-state index contributed by atoms with van der Waals surface area (Å²) in [5.74, 6) is 1.33. The molecule has 0 saturated carbocycles. The Balaban J connectivity index is 1.68. The van der Waals surface area contributed by atoms with E-state index in [4.69, 9.17) is 26.8 Å². The number of ether oxygens (including phenoxy) is 2. The number of hydrogen-bond acceptors (Lipinski definition) is 6. The molecule has 3 N–H and O–H groups in total. The van der Waals surface area contributed by atoms with Crippen molar-refractivity contribution in [2.45, 2.75) is 12.5 Å². The summed E-state index contributed by atoms with van der Waals surface area (Å²) < 4.78 is 10.5. The van der Waals surface area contributed by atoms with Crippen LogP contribution in [0, 0.1) is 0 Å². The molecule has 0 aliphatic carbocycles. The van der Waals surface area contributed by atoms with E-state index < -0.39 is 0 Å². The van der Waals surface area contributed by atoms with Crippen LogP contribution >= 0.6 is 12.2 Å². The van der Waals surface area contributed by atoms with Crippen LogP contribution in [-0.4, -0.2) is 40.3 Å². The van der Waals surface area contributed by atoms with Crippen LogP contribution in [0.25, 0.3) is 0 Å². The van der Waals surface area contributed by atoms with Crippen LogP contribution in [0.4, 0.5) is 5.69 Å². The summed E-state index contributed by atoms with van der Waals surface area (Å²) in [7, 11) is 3.12. The molecule has 0 aromatic heterocycles. The van der Waals surface area contributed by atoms with Crippen LogP contribution in [-0.2, 0) is 0 Å². The normalized spacial score (nSPS) is 15.2. The molecule has 3 aromatic carbocycles. The van der Waals surface area contributed by atoms with Crippen LogP contribution in [0.1, 0.15) is 23.6 Å². The van der Waals surface area contributed by atoms with Gasteiger partial charge in [0.2, 0.25) is 0 Å². The van der Waals surface area contributed by atoms with Gasteiger partial charge in [0.1, 0.15) is 11.5 Å². The fourth-order valence-electron chi connectivity index (χ4n) is 3.59. The lowest BCUT2D eigenvalue weighted by Gasteiger charge is -2.25. The van der Waals surface area contributed by atoms with Gasteiger partial charge in [0.15, 0.2) is 16.6 Å². The van der Waals surface area contributed by atoms with Gasteiger partial charge < -0.3 is 25.0 Å². The van der Waals surface area contributed by atoms with Gasteiger partial charge in [-0.25, -0.2) is 5.01 Å². The van der Waals surface area contributed by atoms with Crippen molar-refractivity contribution in [1.29, 1.82) is 0 Å². The van der Waals surface area contributed by atoms with E-state index in [1.165, 1.54) is 7.11 Å². The molecule has 0 saturated heterocycles. The van der Waals surface area contributed by atoms with E-state index in [1.807, 2.05) is 42.5 Å². The molecule has 0 unspecified atom stereocenters. The first-order valence-corrected chi connectivity index (χ1v) is 10.4. The molecule has 1 atom stereocenters. The van der Waals surface area contributed by atoms with Gasteiger partial charge in [0.25, 0.3) is 0 Å². The van der Waals surface area contributed by atoms with E-state index in [0.29, 0.717) is 28.6 Å². The third-order valence-corrected chi connectivity index (χ3v) is 5.55. The third-order valence-electron chi connectivity index (χ3n) is 5.26. The maximum absolute atomic E-state index is 10.3. The van der Waals surface area contributed by atoms with Gasteiger partial charge in [0, 0.05) is 17.7 Å². The second-order valence-corrected chi connectivity index (χ2v) is 7.60. The monoisotopic (exact) mass is 449 g/mol. The Morgan fingerprint density at radius 3 is 2.44 bits per heavy atom. The number of phenols is 2. The zero-order chi connectivity index (χ0) is 22.7. The molecule has 8 heteroatoms. The van der Waals surface area contributed by atoms with Crippen molar-refractivity contribution in [3.05, 3.63) is 77.9 Å². The van der Waals surface area contributed by atoms with Crippen molar-refractivity contribution in [3.8, 4) is 23.0 Å². The number of rotatable bonds is 5. The van der Waals surface area contributed by atoms with Crippen LogP contribution in [0.15, 0.2) is 71.8 Å². The Morgan fingerprint density at radius 2 is 1.75 bits per heavy atom. The number of aromatic hydroxyl groups is 2. The number of nitrogens with one attached hydrogen (secondary N) is 1. The first-order valence-electron chi connectivity index (χ1n) is 9.97. The Morgan fingerprint density at radius 1 is 1.00 bits per heavy atom. The van der Waals surface area contributed by atoms with Gasteiger partial charge >= 0.3 is 0 Å². The maximum Gasteiger partial charge on any atom is 0.194 e. The highest BCUT2D eigenvalue weighted by molar-refractivity contribution is 7.80. The molecule has 3 aromatic rings. The Bertz CT molecular complexity index is 1160. The summed E-state index contributed by atoms with van der Waals surface area (Å²) in [5, 5.41) is 30.4. The maximum atomic E-state index is 10.3. The number of para-hydroxylation sites is 1. The zero-order valence-electron chi connectivity index (χ0n) is 17.6. The summed E-state index contributed by atoms with van der Waals surface area (Å²) in [6.07, 6.45) is 0.510. The van der Waals surface area contributed by atoms with Crippen molar-refractivity contribution in [1.82, 2.24) is 5.01 Å². The molecule has 1 aliphatic heterocycles. The quantitative estimate of drug-likeness (QED) is 0.488. The van der Waals surface area contributed by atoms with Crippen molar-refractivity contribution in [2.75, 3.05) is 19.5 Å². The van der Waals surface area contributed by atoms with E-state index in [9.17, 15) is 10.2 Å². The number of nitrogens with zero attached hydrogens (tertiary/aromatic N) is 2. The van der Waals surface area contributed by atoms with Gasteiger partial charge in [-0.05, 0) is 66.3 Å². The third kappa shape index (κ3) is 4.31. The topological polar surface area (TPSA) is 86.6 Å². The summed E-state index contributed by atoms with van der Waals surface area (Å²) in [6.45, 7) is 0. The minimum atomic E-state index is -0.252. The minimum Gasteiger partial charge on any atom is -0.507 e. The van der Waals surface area contributed by atoms with Crippen LogP contribution in [0.3, 0.4) is 0 Å². The highest BCUT2D eigenvalue weighted by Gasteiger charge is 2.33. The van der Waals surface area contributed by atoms with Gasteiger partial charge in [-0.3, -0.25) is 0 Å². The summed E-state index contributed by atoms with van der Waals surface area (Å²) in [6, 6.07) is 19.4. The molecule has 0 fully saturated rings. The Kier molecular flexibility index (Phi) is 6.13. The molecule has 0 amide bonds. The summed E-state index contributed by atoms with van der Waals surface area (Å²) in [5.41, 5.74) is 3.02. The first-order chi connectivity index (χ1) is 15.5. The number of hydrazone groups is 1. The molecule has 4 rings (SSSR count). The Labute approximate surface area is 191 Å². The predicted octanol–water partition coefficient (Wildman–Crippen LogP) is 4.66. The highest BCUT2D eigenvalue weighted by Crippen LogP contribution is 2.38. The van der Waals surface area contributed by atoms with Gasteiger partial charge in [-0.1, -0.05) is 18.2 Å². The van der Waals surface area contributed by atoms with Gasteiger partial charge in [-0.15, -0.1) is 0 Å². The fourth-order valence-corrected chi connectivity index (χ4v) is 3.88. The van der Waals surface area contributed by atoms with E-state index in [0.717, 1.165) is 17.0 Å². The second kappa shape index (κ2) is 9.15. The predicted molar refractivity (Wildman–Crippen MR) is 128 cm³/mol. The number of benzene rings is 3. The van der Waals surface area contributed by atoms with E-state index in [2.05, 4.69) is 5.32 Å². The first kappa shape index (κ1) is 21.5. The van der Waals surface area contributed by atoms with E-state index in [-0.39, 0.29) is 17.5 Å². The fraction of sp³-hybridized carbons (Fsp3) is 0.167. The number of anilines is 1. The van der Waals surface area contributed by atoms with Crippen LogP contribution in [0.2, 0.25) is 0 Å². The van der Waals surface area contributed by atoms with E-state index >= 15 is 0 Å². The zero-order valence-corrected chi connectivity index (χ0v) is 18.5. The smallest absolute Gasteiger partial charge is 0.194 e. The van der Waals surface area contributed by atoms with Gasteiger partial charge in [-0.2, -0.15) is 5.10 Å². The second-order valence-electron chi connectivity index (χ2n) is 7.22. The lowest BCUT2D eigenvalue weighted by atomic mass is 9.97. The number of phenolic OH excluding ortho intramolecular Hbond substituents is 2. The summed E-state index contributed by atoms with van der Waals surface area (Å²) >= 11 is 5.69. The number of hydrogen-bond donors (Lipinski definition) is 3. The standard InChI is InChI=1S/C24H23N3O4S/c1-30-17-10-8-16(9-11-17)25-24(32)27-20(15-7-12-22(29)23(13-15)31-2)14-19(26-27)18-5-3-4-6-21(18)28/h3-13,20,28-29H,14H2,1-2H3,(H,25,32)/t20-/m0/s1. The molecule has 0 radical (unpaired) electrons. The molecule has 164 valence electrons. The molecular weight excluding hydrogens is 426 g/mol. The van der Waals surface area contributed by atoms with Crippen molar-refractivity contribution in [2.24, 2.45) is 5.10 Å². The number of thiocarbonyl (C=S) groups is 1. The van der Waals surface area contributed by atoms with Crippen molar-refractivity contribution < 1.29 is 19.7 Å². The molecule has 0 spiro atoms. The van der Waals surface area contributed by atoms with Crippen LogP contribution < -0.4 is 14.8 Å². The van der Waals surface area contributed by atoms with Crippen molar-refractivity contribution >= 4 is 28.7 Å². The minimum absolute atomic E-state index is 0.0570. The lowest BCUT2D eigenvalue weighted by Crippen LogP contribution is -2.31. The highest BCUT2D eigenvalue weighted by atomic mass is 32.1. The molecule has 1 aliphatic rings. The van der Waals surface area contributed by atoms with Crippen LogP contribution in [0.5, 0.6) is 23.0 Å². The SMILES string of the molecule is COc1ccc(NC(=S)N2N=C(c3ccccc3O)C[C@H]2c2ccc(O)c(OC)c2)cc1. The average Bonchev–Trinajstić information content (AvgIpc) is 3.25. The van der Waals surface area contributed by atoms with Crippen molar-refractivity contribution in [3.63, 3.8) is 0 Å². The summed E-state index contributed by atoms with van der Waals surface area (Å²) in [4.78, 5) is 0. The van der Waals surface area contributed by atoms with E-state index in [1.54, 1.807) is 36.4 Å². The average molecular weight is 450 g/mol. The largest absolute Gasteiger partial charge is 0.507 e.